The Morgan fingerprint density at radius 3 is 2.95 bits per heavy atom. The van der Waals surface area contributed by atoms with E-state index in [9.17, 15) is 0 Å². The lowest BCUT2D eigenvalue weighted by Crippen LogP contribution is -2.43. The van der Waals surface area contributed by atoms with Gasteiger partial charge in [-0.05, 0) is 50.8 Å². The molecule has 112 valence electrons. The summed E-state index contributed by atoms with van der Waals surface area (Å²) in [5, 5.41) is 0. The quantitative estimate of drug-likeness (QED) is 0.894. The van der Waals surface area contributed by atoms with Crippen molar-refractivity contribution in [3.63, 3.8) is 0 Å². The van der Waals surface area contributed by atoms with Crippen LogP contribution in [0.3, 0.4) is 0 Å². The molecule has 1 aliphatic rings. The van der Waals surface area contributed by atoms with Crippen LogP contribution in [-0.2, 0) is 0 Å². The van der Waals surface area contributed by atoms with E-state index in [4.69, 9.17) is 10.5 Å². The van der Waals surface area contributed by atoms with Gasteiger partial charge in [-0.3, -0.25) is 0 Å². The van der Waals surface area contributed by atoms with Crippen molar-refractivity contribution >= 4 is 5.69 Å². The van der Waals surface area contributed by atoms with E-state index in [1.165, 1.54) is 17.7 Å². The highest BCUT2D eigenvalue weighted by molar-refractivity contribution is 5.60. The van der Waals surface area contributed by atoms with Crippen LogP contribution in [0.4, 0.5) is 5.69 Å². The highest BCUT2D eigenvalue weighted by atomic mass is 16.5. The van der Waals surface area contributed by atoms with Crippen LogP contribution in [0, 0.1) is 6.92 Å². The van der Waals surface area contributed by atoms with Crippen LogP contribution in [0.1, 0.15) is 45.1 Å². The number of benzene rings is 1. The van der Waals surface area contributed by atoms with Gasteiger partial charge in [0.1, 0.15) is 5.75 Å². The maximum atomic E-state index is 6.15. The van der Waals surface area contributed by atoms with Gasteiger partial charge in [0.15, 0.2) is 0 Å². The van der Waals surface area contributed by atoms with Gasteiger partial charge in [0.25, 0.3) is 0 Å². The molecule has 1 aromatic rings. The second-order valence-corrected chi connectivity index (χ2v) is 6.04. The molecular weight excluding hydrogens is 248 g/mol. The van der Waals surface area contributed by atoms with Crippen LogP contribution < -0.4 is 15.4 Å². The zero-order chi connectivity index (χ0) is 14.5. The fourth-order valence-corrected chi connectivity index (χ4v) is 2.89. The summed E-state index contributed by atoms with van der Waals surface area (Å²) < 4.78 is 6.15. The molecule has 0 saturated carbocycles. The van der Waals surface area contributed by atoms with Gasteiger partial charge in [0.05, 0.1) is 11.8 Å². The summed E-state index contributed by atoms with van der Waals surface area (Å²) in [5.41, 5.74) is 8.60. The Morgan fingerprint density at radius 1 is 1.45 bits per heavy atom. The highest BCUT2D eigenvalue weighted by Crippen LogP contribution is 2.32. The first kappa shape index (κ1) is 15.2. The predicted octanol–water partition coefficient (Wildman–Crippen LogP) is 3.49. The molecule has 0 bridgehead atoms. The van der Waals surface area contributed by atoms with E-state index >= 15 is 0 Å². The van der Waals surface area contributed by atoms with Gasteiger partial charge in [-0.15, -0.1) is 0 Å². The molecule has 0 radical (unpaired) electrons. The van der Waals surface area contributed by atoms with Crippen molar-refractivity contribution in [1.29, 1.82) is 0 Å². The molecule has 0 aliphatic carbocycles. The summed E-state index contributed by atoms with van der Waals surface area (Å²) in [6, 6.07) is 6.75. The molecule has 1 aromatic carbocycles. The van der Waals surface area contributed by atoms with E-state index in [-0.39, 0.29) is 12.1 Å². The first-order valence-corrected chi connectivity index (χ1v) is 7.88. The second kappa shape index (κ2) is 6.98. The van der Waals surface area contributed by atoms with Gasteiger partial charge in [-0.2, -0.15) is 0 Å². The lowest BCUT2D eigenvalue weighted by Gasteiger charge is -2.34. The normalized spacial score (nSPS) is 20.8. The van der Waals surface area contributed by atoms with Crippen molar-refractivity contribution in [3.05, 3.63) is 23.8 Å². The summed E-state index contributed by atoms with van der Waals surface area (Å²) >= 11 is 0. The number of nitrogens with two attached hydrogens (primary N) is 1. The van der Waals surface area contributed by atoms with Gasteiger partial charge in [-0.25, -0.2) is 0 Å². The van der Waals surface area contributed by atoms with Crippen molar-refractivity contribution in [3.8, 4) is 5.75 Å². The van der Waals surface area contributed by atoms with Crippen molar-refractivity contribution in [2.45, 2.75) is 58.6 Å². The van der Waals surface area contributed by atoms with E-state index in [1.807, 2.05) is 0 Å². The number of anilines is 1. The summed E-state index contributed by atoms with van der Waals surface area (Å²) in [5.74, 6) is 1.01. The van der Waals surface area contributed by atoms with E-state index < -0.39 is 0 Å². The predicted molar refractivity (Wildman–Crippen MR) is 85.6 cm³/mol. The molecule has 2 N–H and O–H groups in total. The zero-order valence-corrected chi connectivity index (χ0v) is 13.1. The van der Waals surface area contributed by atoms with Crippen molar-refractivity contribution in [1.82, 2.24) is 0 Å². The third-order valence-corrected chi connectivity index (χ3v) is 3.94. The van der Waals surface area contributed by atoms with E-state index in [2.05, 4.69) is 43.9 Å². The van der Waals surface area contributed by atoms with Crippen LogP contribution in [0.15, 0.2) is 18.2 Å². The minimum Gasteiger partial charge on any atom is -0.489 e. The topological polar surface area (TPSA) is 38.5 Å². The minimum absolute atomic E-state index is 0.264. The SMILES string of the molecule is CCCC(C)Oc1ccc(C)cc1N1CCCC(N)C1. The Morgan fingerprint density at radius 2 is 2.25 bits per heavy atom. The second-order valence-electron chi connectivity index (χ2n) is 6.04. The third-order valence-electron chi connectivity index (χ3n) is 3.94. The molecule has 2 rings (SSSR count). The molecule has 20 heavy (non-hydrogen) atoms. The van der Waals surface area contributed by atoms with Crippen molar-refractivity contribution < 1.29 is 4.74 Å². The highest BCUT2D eigenvalue weighted by Gasteiger charge is 2.20. The van der Waals surface area contributed by atoms with Crippen LogP contribution in [-0.4, -0.2) is 25.2 Å². The molecule has 2 unspecified atom stereocenters. The van der Waals surface area contributed by atoms with Crippen LogP contribution in [0.2, 0.25) is 0 Å². The largest absolute Gasteiger partial charge is 0.489 e. The number of aryl methyl sites for hydroxylation is 1. The maximum Gasteiger partial charge on any atom is 0.143 e. The van der Waals surface area contributed by atoms with Gasteiger partial charge in [0.2, 0.25) is 0 Å². The van der Waals surface area contributed by atoms with Gasteiger partial charge in [-0.1, -0.05) is 19.4 Å². The first-order chi connectivity index (χ1) is 9.60. The molecule has 1 saturated heterocycles. The maximum absolute atomic E-state index is 6.15. The molecular formula is C17H28N2O. The Balaban J connectivity index is 2.18. The monoisotopic (exact) mass is 276 g/mol. The molecule has 0 spiro atoms. The molecule has 0 aromatic heterocycles. The lowest BCUT2D eigenvalue weighted by molar-refractivity contribution is 0.210. The molecule has 3 nitrogen and oxygen atoms in total. The minimum atomic E-state index is 0.264. The smallest absolute Gasteiger partial charge is 0.143 e. The van der Waals surface area contributed by atoms with Crippen molar-refractivity contribution in [2.24, 2.45) is 5.73 Å². The van der Waals surface area contributed by atoms with Crippen molar-refractivity contribution in [2.75, 3.05) is 18.0 Å². The number of hydrogen-bond acceptors (Lipinski definition) is 3. The van der Waals surface area contributed by atoms with Gasteiger partial charge >= 0.3 is 0 Å². The Hall–Kier alpha value is -1.22. The summed E-state index contributed by atoms with van der Waals surface area (Å²) in [6.07, 6.45) is 4.80. The Labute approximate surface area is 123 Å². The molecule has 1 aliphatic heterocycles. The fraction of sp³-hybridized carbons (Fsp3) is 0.647. The number of piperidine rings is 1. The molecule has 0 amide bonds. The van der Waals surface area contributed by atoms with Crippen LogP contribution >= 0.6 is 0 Å². The van der Waals surface area contributed by atoms with E-state index in [0.29, 0.717) is 0 Å². The lowest BCUT2D eigenvalue weighted by atomic mass is 10.0. The fourth-order valence-electron chi connectivity index (χ4n) is 2.89. The number of ether oxygens (including phenoxy) is 1. The zero-order valence-electron chi connectivity index (χ0n) is 13.1. The average molecular weight is 276 g/mol. The molecule has 1 fully saturated rings. The number of nitrogens with zero attached hydrogens (tertiary/aromatic N) is 1. The summed E-state index contributed by atoms with van der Waals surface area (Å²) in [7, 11) is 0. The number of hydrogen-bond donors (Lipinski definition) is 1. The van der Waals surface area contributed by atoms with E-state index in [0.717, 1.165) is 38.1 Å². The van der Waals surface area contributed by atoms with E-state index in [1.54, 1.807) is 0 Å². The first-order valence-electron chi connectivity index (χ1n) is 7.88. The van der Waals surface area contributed by atoms with Crippen LogP contribution in [0.25, 0.3) is 0 Å². The molecule has 3 heteroatoms. The summed E-state index contributed by atoms with van der Waals surface area (Å²) in [4.78, 5) is 2.38. The van der Waals surface area contributed by atoms with Crippen LogP contribution in [0.5, 0.6) is 5.75 Å². The Kier molecular flexibility index (Phi) is 5.30. The molecule has 2 atom stereocenters. The third kappa shape index (κ3) is 3.89. The van der Waals surface area contributed by atoms with Gasteiger partial charge in [0, 0.05) is 19.1 Å². The average Bonchev–Trinajstić information content (AvgIpc) is 2.41. The van der Waals surface area contributed by atoms with Gasteiger partial charge < -0.3 is 15.4 Å². The molecule has 1 heterocycles. The standard InChI is InChI=1S/C17H28N2O/c1-4-6-14(3)20-17-9-8-13(2)11-16(17)19-10-5-7-15(18)12-19/h8-9,11,14-15H,4-7,10,12,18H2,1-3H3. The number of rotatable bonds is 5. The summed E-state index contributed by atoms with van der Waals surface area (Å²) in [6.45, 7) is 8.49. The Bertz CT molecular complexity index is 433.